The molecule has 0 amide bonds. The van der Waals surface area contributed by atoms with Crippen LogP contribution in [0.15, 0.2) is 113 Å². The average Bonchev–Trinajstić information content (AvgIpc) is 3.74. The normalized spacial score (nSPS) is 14.3. The molecule has 0 fully saturated rings. The van der Waals surface area contributed by atoms with E-state index in [0.717, 1.165) is 82.2 Å². The third-order valence-corrected chi connectivity index (χ3v) is 15.1. The number of rotatable bonds is 0. The van der Waals surface area contributed by atoms with Crippen LogP contribution in [0.4, 0.5) is 0 Å². The molecule has 2 aliphatic rings. The Balaban J connectivity index is 1.04. The number of benzene rings is 10. The minimum absolute atomic E-state index is 0.0644. The molecule has 2 aliphatic carbocycles. The number of fused-ring (bicyclic) bond motifs is 16. The largest absolute Gasteiger partial charge is 0.268 e. The first kappa shape index (κ1) is 33.9. The van der Waals surface area contributed by atoms with Gasteiger partial charge in [-0.25, -0.2) is 9.97 Å². The number of pyridine rings is 2. The molecule has 0 bridgehead atoms. The molecule has 10 aromatic carbocycles. The average molecular weight is 827 g/mol. The second-order valence-electron chi connectivity index (χ2n) is 17.9. The van der Waals surface area contributed by atoms with Crippen molar-refractivity contribution in [3.05, 3.63) is 156 Å². The van der Waals surface area contributed by atoms with Gasteiger partial charge in [0.15, 0.2) is 0 Å². The maximum atomic E-state index is 14.4. The van der Waals surface area contributed by atoms with E-state index >= 15 is 0 Å². The summed E-state index contributed by atoms with van der Waals surface area (Å²) in [4.78, 5) is 38.7. The van der Waals surface area contributed by atoms with Crippen LogP contribution in [0.2, 0.25) is 0 Å². The molecule has 14 aromatic rings. The summed E-state index contributed by atoms with van der Waals surface area (Å²) in [6.45, 7) is 6.57. The van der Waals surface area contributed by atoms with Crippen LogP contribution in [0, 0.1) is 11.8 Å². The second-order valence-corrected chi connectivity index (χ2v) is 17.9. The quantitative estimate of drug-likeness (QED) is 0.0868. The first-order chi connectivity index (χ1) is 32.0. The summed E-state index contributed by atoms with van der Waals surface area (Å²) in [5, 5.41) is 26.1. The SMILES string of the molecule is C=c1c(=O)n2c3ccccc3nc2c2ccc3c4ccc5c6ccc7c8ccc9c(=O)n%10c%11c(nc%10c%10ccc(c%12ccc(c%13c5c4c(/c(=C/C)c3c12)=CCC=%13)c6c7%12)c8c9%10)C#CCC=C%11. The monoisotopic (exact) mass is 826 g/mol. The van der Waals surface area contributed by atoms with E-state index in [1.807, 2.05) is 42.5 Å². The van der Waals surface area contributed by atoms with Crippen LogP contribution in [0.3, 0.4) is 0 Å². The molecule has 65 heavy (non-hydrogen) atoms. The Hall–Kier alpha value is -8.66. The Kier molecular flexibility index (Phi) is 5.89. The van der Waals surface area contributed by atoms with E-state index in [-0.39, 0.29) is 11.1 Å². The molecule has 298 valence electrons. The van der Waals surface area contributed by atoms with E-state index in [1.54, 1.807) is 8.80 Å². The van der Waals surface area contributed by atoms with E-state index in [1.165, 1.54) is 58.9 Å². The van der Waals surface area contributed by atoms with Crippen molar-refractivity contribution in [1.29, 1.82) is 0 Å². The van der Waals surface area contributed by atoms with Crippen molar-refractivity contribution in [2.45, 2.75) is 19.8 Å². The summed E-state index contributed by atoms with van der Waals surface area (Å²) in [7, 11) is 0. The standard InChI is InChI=1S/C59H30N4O2/c1-3-29-30-10-9-11-31-32-16-17-37-39-23-26-42-55-43(59(65)63-47-14-6-4-5-12-44(47)61-57(42)63)27-24-40(54(39)55)38-21-20-36(52(32)53(37)38)35-19-18-34(50(30)51(31)35)33-22-25-41-48(49(29)33)28(2)58(64)62-46-15-8-7-13-45(46)60-56(41)62/h3,6-8,10-11,13-27H,2,4,9H2,1H3/b29-3-. The summed E-state index contributed by atoms with van der Waals surface area (Å²) in [5.41, 5.74) is 4.11. The van der Waals surface area contributed by atoms with Gasteiger partial charge in [-0.15, -0.1) is 0 Å². The lowest BCUT2D eigenvalue weighted by Crippen LogP contribution is -2.33. The fraction of sp³-hybridized carbons (Fsp3) is 0.0508. The van der Waals surface area contributed by atoms with Crippen molar-refractivity contribution in [3.8, 4) is 11.8 Å². The van der Waals surface area contributed by atoms with Gasteiger partial charge in [0.05, 0.1) is 16.7 Å². The number of allylic oxidation sites excluding steroid dienone is 1. The molecule has 0 saturated heterocycles. The second kappa shape index (κ2) is 11.3. The molecule has 4 aromatic heterocycles. The minimum Gasteiger partial charge on any atom is -0.268 e. The first-order valence-electron chi connectivity index (χ1n) is 22.2. The molecule has 6 nitrogen and oxygen atoms in total. The molecule has 0 radical (unpaired) electrons. The molecular weight excluding hydrogens is 797 g/mol. The third-order valence-electron chi connectivity index (χ3n) is 15.1. The van der Waals surface area contributed by atoms with Gasteiger partial charge < -0.3 is 0 Å². The van der Waals surface area contributed by atoms with Gasteiger partial charge in [0.25, 0.3) is 11.1 Å². The van der Waals surface area contributed by atoms with Crippen LogP contribution in [0.5, 0.6) is 0 Å². The molecule has 0 N–H and O–H groups in total. The van der Waals surface area contributed by atoms with Crippen molar-refractivity contribution >= 4 is 161 Å². The van der Waals surface area contributed by atoms with Gasteiger partial charge in [-0.1, -0.05) is 104 Å². The number of hydrogen-bond donors (Lipinski definition) is 0. The molecule has 0 unspecified atom stereocenters. The molecular formula is C59H30N4O2. The molecule has 16 rings (SSSR count). The van der Waals surface area contributed by atoms with Crippen LogP contribution >= 0.6 is 0 Å². The van der Waals surface area contributed by atoms with Crippen molar-refractivity contribution < 1.29 is 0 Å². The lowest BCUT2D eigenvalue weighted by molar-refractivity contribution is 1.13. The van der Waals surface area contributed by atoms with Crippen LogP contribution < -0.4 is 32.0 Å². The van der Waals surface area contributed by atoms with Crippen molar-refractivity contribution in [2.75, 3.05) is 0 Å². The van der Waals surface area contributed by atoms with E-state index in [2.05, 4.69) is 110 Å². The Labute approximate surface area is 365 Å². The van der Waals surface area contributed by atoms with Crippen LogP contribution in [-0.2, 0) is 0 Å². The van der Waals surface area contributed by atoms with Gasteiger partial charge in [-0.05, 0) is 152 Å². The van der Waals surface area contributed by atoms with Gasteiger partial charge in [0.1, 0.15) is 17.0 Å². The zero-order valence-corrected chi connectivity index (χ0v) is 34.9. The summed E-state index contributed by atoms with van der Waals surface area (Å²) < 4.78 is 3.48. The Morgan fingerprint density at radius 3 is 1.80 bits per heavy atom. The fourth-order valence-electron chi connectivity index (χ4n) is 12.5. The smallest absolute Gasteiger partial charge is 0.264 e. The molecule has 0 spiro atoms. The molecule has 0 atom stereocenters. The summed E-state index contributed by atoms with van der Waals surface area (Å²) >= 11 is 0. The number of aromatic nitrogens is 4. The first-order valence-corrected chi connectivity index (χ1v) is 22.2. The fourth-order valence-corrected chi connectivity index (χ4v) is 12.5. The number of para-hydroxylation sites is 2. The van der Waals surface area contributed by atoms with E-state index in [9.17, 15) is 9.59 Å². The lowest BCUT2D eigenvalue weighted by atomic mass is 9.83. The maximum absolute atomic E-state index is 14.4. The topological polar surface area (TPSA) is 68.7 Å². The molecule has 0 aliphatic heterocycles. The summed E-state index contributed by atoms with van der Waals surface area (Å²) in [6, 6.07) is 34.6. The van der Waals surface area contributed by atoms with Gasteiger partial charge in [0.2, 0.25) is 0 Å². The van der Waals surface area contributed by atoms with Gasteiger partial charge in [-0.3, -0.25) is 18.4 Å². The Morgan fingerprint density at radius 1 is 0.554 bits per heavy atom. The lowest BCUT2D eigenvalue weighted by Gasteiger charge is -2.20. The predicted molar refractivity (Wildman–Crippen MR) is 271 cm³/mol. The van der Waals surface area contributed by atoms with Crippen LogP contribution in [0.1, 0.15) is 31.2 Å². The van der Waals surface area contributed by atoms with Crippen LogP contribution in [-0.4, -0.2) is 18.8 Å². The summed E-state index contributed by atoms with van der Waals surface area (Å²) in [5.74, 6) is 6.36. The minimum atomic E-state index is -0.137. The highest BCUT2D eigenvalue weighted by Gasteiger charge is 2.25. The Bertz CT molecular complexity index is 5180. The van der Waals surface area contributed by atoms with E-state index < -0.39 is 0 Å². The molecule has 0 saturated carbocycles. The Morgan fingerprint density at radius 2 is 1.09 bits per heavy atom. The third kappa shape index (κ3) is 3.77. The number of hydrogen-bond acceptors (Lipinski definition) is 4. The number of nitrogens with zero attached hydrogens (tertiary/aromatic N) is 4. The van der Waals surface area contributed by atoms with Crippen molar-refractivity contribution in [1.82, 2.24) is 18.8 Å². The molecule has 6 heteroatoms. The van der Waals surface area contributed by atoms with Gasteiger partial charge in [0, 0.05) is 38.6 Å². The van der Waals surface area contributed by atoms with Gasteiger partial charge in [-0.2, -0.15) is 0 Å². The van der Waals surface area contributed by atoms with Crippen molar-refractivity contribution in [2.24, 2.45) is 0 Å². The highest BCUT2D eigenvalue weighted by Crippen LogP contribution is 2.47. The summed E-state index contributed by atoms with van der Waals surface area (Å²) in [6.07, 6.45) is 12.4. The zero-order chi connectivity index (χ0) is 42.7. The zero-order valence-electron chi connectivity index (χ0n) is 34.9. The highest BCUT2D eigenvalue weighted by molar-refractivity contribution is 6.42. The van der Waals surface area contributed by atoms with Crippen molar-refractivity contribution in [3.63, 3.8) is 0 Å². The maximum Gasteiger partial charge on any atom is 0.264 e. The van der Waals surface area contributed by atoms with E-state index in [0.29, 0.717) is 34.0 Å². The molecule has 4 heterocycles. The van der Waals surface area contributed by atoms with Crippen LogP contribution in [0.25, 0.3) is 161 Å². The van der Waals surface area contributed by atoms with E-state index in [4.69, 9.17) is 9.97 Å². The number of imidazole rings is 2. The predicted octanol–water partition coefficient (Wildman–Crippen LogP) is 9.64. The van der Waals surface area contributed by atoms with Gasteiger partial charge >= 0.3 is 0 Å². The highest BCUT2D eigenvalue weighted by atomic mass is 16.1.